The number of carbonyl (C=O) groups is 1. The maximum atomic E-state index is 12.9. The highest BCUT2D eigenvalue weighted by molar-refractivity contribution is 5.66. The molecule has 0 aliphatic rings. The third-order valence-corrected chi connectivity index (χ3v) is 2.55. The molecule has 0 amide bonds. The van der Waals surface area contributed by atoms with E-state index < -0.39 is 5.97 Å². The molecule has 0 unspecified atom stereocenters. The molecule has 0 saturated carbocycles. The van der Waals surface area contributed by atoms with E-state index in [1.165, 1.54) is 19.2 Å². The maximum absolute atomic E-state index is 12.9. The Balaban J connectivity index is 2.28. The van der Waals surface area contributed by atoms with E-state index in [4.69, 9.17) is 9.84 Å². The number of unbranched alkanes of at least 4 members (excludes halogenated alkanes) is 2. The van der Waals surface area contributed by atoms with Crippen LogP contribution in [0.5, 0.6) is 5.75 Å². The van der Waals surface area contributed by atoms with Crippen LogP contribution in [0, 0.1) is 5.82 Å². The first kappa shape index (κ1) is 14.3. The molecule has 1 rings (SSSR count). The van der Waals surface area contributed by atoms with Crippen LogP contribution in [-0.2, 0) is 4.79 Å². The van der Waals surface area contributed by atoms with Crippen molar-refractivity contribution in [3.8, 4) is 5.75 Å². The van der Waals surface area contributed by atoms with Crippen LogP contribution in [0.1, 0.15) is 25.7 Å². The fourth-order valence-corrected chi connectivity index (χ4v) is 1.61. The van der Waals surface area contributed by atoms with Crippen LogP contribution in [0.4, 0.5) is 10.1 Å². The van der Waals surface area contributed by atoms with E-state index in [1.807, 2.05) is 0 Å². The van der Waals surface area contributed by atoms with Gasteiger partial charge >= 0.3 is 5.97 Å². The van der Waals surface area contributed by atoms with Crippen molar-refractivity contribution < 1.29 is 19.0 Å². The van der Waals surface area contributed by atoms with Gasteiger partial charge in [0, 0.05) is 19.0 Å². The summed E-state index contributed by atoms with van der Waals surface area (Å²) in [6.45, 7) is 0.710. The lowest BCUT2D eigenvalue weighted by Gasteiger charge is -2.10. The molecule has 0 bridgehead atoms. The molecule has 0 radical (unpaired) electrons. The molecule has 1 aromatic carbocycles. The van der Waals surface area contributed by atoms with Crippen LogP contribution in [0.25, 0.3) is 0 Å². The second kappa shape index (κ2) is 7.53. The zero-order chi connectivity index (χ0) is 13.4. The van der Waals surface area contributed by atoms with Crippen LogP contribution in [0.3, 0.4) is 0 Å². The molecule has 0 fully saturated rings. The van der Waals surface area contributed by atoms with Crippen LogP contribution in [0.2, 0.25) is 0 Å². The van der Waals surface area contributed by atoms with Crippen molar-refractivity contribution in [2.75, 3.05) is 19.0 Å². The summed E-state index contributed by atoms with van der Waals surface area (Å²) in [6, 6.07) is 4.33. The van der Waals surface area contributed by atoms with Crippen molar-refractivity contribution in [2.45, 2.75) is 25.7 Å². The molecule has 0 aromatic heterocycles. The summed E-state index contributed by atoms with van der Waals surface area (Å²) in [5, 5.41) is 11.6. The monoisotopic (exact) mass is 255 g/mol. The van der Waals surface area contributed by atoms with E-state index in [0.29, 0.717) is 18.7 Å². The Morgan fingerprint density at radius 3 is 2.83 bits per heavy atom. The molecule has 0 spiro atoms. The van der Waals surface area contributed by atoms with E-state index in [2.05, 4.69) is 5.32 Å². The quantitative estimate of drug-likeness (QED) is 0.701. The topological polar surface area (TPSA) is 58.6 Å². The van der Waals surface area contributed by atoms with Crippen molar-refractivity contribution in [2.24, 2.45) is 0 Å². The summed E-state index contributed by atoms with van der Waals surface area (Å²) < 4.78 is 18.0. The summed E-state index contributed by atoms with van der Waals surface area (Å²) in [5.74, 6) is -0.623. The van der Waals surface area contributed by atoms with Gasteiger partial charge in [0.15, 0.2) is 0 Å². The number of nitrogens with one attached hydrogen (secondary N) is 1. The number of ether oxygens (including phenoxy) is 1. The second-order valence-corrected chi connectivity index (χ2v) is 3.98. The molecule has 5 heteroatoms. The molecule has 18 heavy (non-hydrogen) atoms. The van der Waals surface area contributed by atoms with E-state index >= 15 is 0 Å². The van der Waals surface area contributed by atoms with Crippen LogP contribution in [-0.4, -0.2) is 24.7 Å². The predicted molar refractivity (Wildman–Crippen MR) is 67.5 cm³/mol. The van der Waals surface area contributed by atoms with Crippen molar-refractivity contribution in [1.82, 2.24) is 0 Å². The minimum atomic E-state index is -0.761. The first-order chi connectivity index (χ1) is 8.63. The van der Waals surface area contributed by atoms with Gasteiger partial charge < -0.3 is 15.2 Å². The standard InChI is InChI=1S/C13H18FNO3/c1-18-12-9-10(14)6-7-11(12)15-8-4-2-3-5-13(16)17/h6-7,9,15H,2-5,8H2,1H3,(H,16,17). The molecule has 100 valence electrons. The Hall–Kier alpha value is -1.78. The highest BCUT2D eigenvalue weighted by atomic mass is 19.1. The predicted octanol–water partition coefficient (Wildman–Crippen LogP) is 2.89. The molecular formula is C13H18FNO3. The van der Waals surface area contributed by atoms with E-state index in [0.717, 1.165) is 18.5 Å². The molecule has 4 nitrogen and oxygen atoms in total. The number of halogens is 1. The third kappa shape index (κ3) is 5.03. The number of carboxylic acid groups (broad SMARTS) is 1. The average molecular weight is 255 g/mol. The second-order valence-electron chi connectivity index (χ2n) is 3.98. The normalized spacial score (nSPS) is 10.1. The summed E-state index contributed by atoms with van der Waals surface area (Å²) in [5.41, 5.74) is 0.747. The molecule has 0 atom stereocenters. The highest BCUT2D eigenvalue weighted by Crippen LogP contribution is 2.24. The van der Waals surface area contributed by atoms with E-state index in [1.54, 1.807) is 6.07 Å². The van der Waals surface area contributed by atoms with Gasteiger partial charge in [0.1, 0.15) is 11.6 Å². The lowest BCUT2D eigenvalue weighted by atomic mass is 10.2. The molecule has 1 aromatic rings. The number of anilines is 1. The summed E-state index contributed by atoms with van der Waals surface area (Å²) in [4.78, 5) is 10.3. The first-order valence-electron chi connectivity index (χ1n) is 5.92. The zero-order valence-electron chi connectivity index (χ0n) is 10.4. The van der Waals surface area contributed by atoms with Crippen LogP contribution >= 0.6 is 0 Å². The van der Waals surface area contributed by atoms with E-state index in [9.17, 15) is 9.18 Å². The van der Waals surface area contributed by atoms with Crippen LogP contribution in [0.15, 0.2) is 18.2 Å². The van der Waals surface area contributed by atoms with Gasteiger partial charge in [-0.3, -0.25) is 4.79 Å². The molecule has 2 N–H and O–H groups in total. The highest BCUT2D eigenvalue weighted by Gasteiger charge is 2.03. The average Bonchev–Trinajstić information content (AvgIpc) is 2.34. The fraction of sp³-hybridized carbons (Fsp3) is 0.462. The first-order valence-corrected chi connectivity index (χ1v) is 5.92. The van der Waals surface area contributed by atoms with Crippen molar-refractivity contribution in [3.63, 3.8) is 0 Å². The minimum Gasteiger partial charge on any atom is -0.494 e. The summed E-state index contributed by atoms with van der Waals surface area (Å²) in [7, 11) is 1.49. The van der Waals surface area contributed by atoms with Gasteiger partial charge in [-0.15, -0.1) is 0 Å². The van der Waals surface area contributed by atoms with Gasteiger partial charge in [0.05, 0.1) is 12.8 Å². The third-order valence-electron chi connectivity index (χ3n) is 2.55. The number of aliphatic carboxylic acids is 1. The van der Waals surface area contributed by atoms with Gasteiger partial charge in [-0.2, -0.15) is 0 Å². The van der Waals surface area contributed by atoms with Crippen molar-refractivity contribution in [3.05, 3.63) is 24.0 Å². The number of carboxylic acids is 1. The lowest BCUT2D eigenvalue weighted by Crippen LogP contribution is -2.04. The largest absolute Gasteiger partial charge is 0.494 e. The molecule has 0 aliphatic heterocycles. The van der Waals surface area contributed by atoms with Crippen LogP contribution < -0.4 is 10.1 Å². The van der Waals surface area contributed by atoms with Gasteiger partial charge in [0.25, 0.3) is 0 Å². The number of methoxy groups -OCH3 is 1. The summed E-state index contributed by atoms with van der Waals surface area (Å²) in [6.07, 6.45) is 2.61. The lowest BCUT2D eigenvalue weighted by molar-refractivity contribution is -0.137. The zero-order valence-corrected chi connectivity index (χ0v) is 10.4. The minimum absolute atomic E-state index is 0.208. The Kier molecular flexibility index (Phi) is 5.97. The van der Waals surface area contributed by atoms with Gasteiger partial charge in [-0.25, -0.2) is 4.39 Å². The molecule has 0 aliphatic carbocycles. The Morgan fingerprint density at radius 2 is 2.17 bits per heavy atom. The number of benzene rings is 1. The Bertz CT molecular complexity index is 396. The molecular weight excluding hydrogens is 237 g/mol. The van der Waals surface area contributed by atoms with Crippen molar-refractivity contribution in [1.29, 1.82) is 0 Å². The Labute approximate surface area is 106 Å². The van der Waals surface area contributed by atoms with Gasteiger partial charge in [0.2, 0.25) is 0 Å². The van der Waals surface area contributed by atoms with E-state index in [-0.39, 0.29) is 12.2 Å². The Morgan fingerprint density at radius 1 is 1.39 bits per heavy atom. The number of rotatable bonds is 8. The SMILES string of the molecule is COc1cc(F)ccc1NCCCCCC(=O)O. The fourth-order valence-electron chi connectivity index (χ4n) is 1.61. The van der Waals surface area contributed by atoms with Crippen molar-refractivity contribution >= 4 is 11.7 Å². The van der Waals surface area contributed by atoms with Gasteiger partial charge in [-0.05, 0) is 25.0 Å². The smallest absolute Gasteiger partial charge is 0.303 e. The maximum Gasteiger partial charge on any atom is 0.303 e. The summed E-state index contributed by atoms with van der Waals surface area (Å²) >= 11 is 0. The molecule has 0 saturated heterocycles. The molecule has 0 heterocycles. The number of hydrogen-bond donors (Lipinski definition) is 2. The van der Waals surface area contributed by atoms with Gasteiger partial charge in [-0.1, -0.05) is 6.42 Å². The number of hydrogen-bond acceptors (Lipinski definition) is 3.